The first-order valence-corrected chi connectivity index (χ1v) is 10.0. The van der Waals surface area contributed by atoms with Gasteiger partial charge in [0.25, 0.3) is 5.91 Å². The molecule has 0 atom stereocenters. The summed E-state index contributed by atoms with van der Waals surface area (Å²) < 4.78 is 6.99. The Bertz CT molecular complexity index is 882. The SMILES string of the molecule is COCCC1(NC(=O)c2ccc(-n3nc(C)c(CCC(=O)O)c3C)cc2)CCC1. The van der Waals surface area contributed by atoms with Gasteiger partial charge >= 0.3 is 5.97 Å². The number of aliphatic carboxylic acids is 1. The normalized spacial score (nSPS) is 15.0. The summed E-state index contributed by atoms with van der Waals surface area (Å²) >= 11 is 0. The summed E-state index contributed by atoms with van der Waals surface area (Å²) in [6.07, 6.45) is 4.48. The Morgan fingerprint density at radius 3 is 2.48 bits per heavy atom. The van der Waals surface area contributed by atoms with Crippen molar-refractivity contribution in [1.29, 1.82) is 0 Å². The van der Waals surface area contributed by atoms with Crippen LogP contribution in [0.5, 0.6) is 0 Å². The molecule has 1 aliphatic carbocycles. The monoisotopic (exact) mass is 399 g/mol. The molecule has 29 heavy (non-hydrogen) atoms. The number of carboxylic acid groups (broad SMARTS) is 1. The fourth-order valence-electron chi connectivity index (χ4n) is 3.93. The van der Waals surface area contributed by atoms with Crippen LogP contribution in [0.2, 0.25) is 0 Å². The summed E-state index contributed by atoms with van der Waals surface area (Å²) in [5, 5.41) is 16.7. The molecule has 1 heterocycles. The second-order valence-electron chi connectivity index (χ2n) is 7.83. The van der Waals surface area contributed by atoms with Gasteiger partial charge in [0.1, 0.15) is 0 Å². The fourth-order valence-corrected chi connectivity index (χ4v) is 3.93. The summed E-state index contributed by atoms with van der Waals surface area (Å²) in [7, 11) is 1.68. The number of hydrogen-bond donors (Lipinski definition) is 2. The highest BCUT2D eigenvalue weighted by molar-refractivity contribution is 5.95. The fraction of sp³-hybridized carbons (Fsp3) is 0.500. The Morgan fingerprint density at radius 1 is 1.24 bits per heavy atom. The predicted molar refractivity (Wildman–Crippen MR) is 110 cm³/mol. The Balaban J connectivity index is 1.72. The molecule has 0 saturated heterocycles. The third-order valence-corrected chi connectivity index (χ3v) is 5.88. The second kappa shape index (κ2) is 8.78. The summed E-state index contributed by atoms with van der Waals surface area (Å²) in [6, 6.07) is 7.36. The van der Waals surface area contributed by atoms with Crippen LogP contribution in [0.1, 0.15) is 59.4 Å². The number of amides is 1. The number of carboxylic acids is 1. The number of hydrogen-bond acceptors (Lipinski definition) is 4. The van der Waals surface area contributed by atoms with Gasteiger partial charge in [-0.2, -0.15) is 5.10 Å². The van der Waals surface area contributed by atoms with E-state index in [2.05, 4.69) is 10.4 Å². The Kier molecular flexibility index (Phi) is 6.37. The van der Waals surface area contributed by atoms with Crippen molar-refractivity contribution in [1.82, 2.24) is 15.1 Å². The highest BCUT2D eigenvalue weighted by atomic mass is 16.5. The highest BCUT2D eigenvalue weighted by Crippen LogP contribution is 2.35. The van der Waals surface area contributed by atoms with Crippen molar-refractivity contribution >= 4 is 11.9 Å². The zero-order valence-electron chi connectivity index (χ0n) is 17.3. The van der Waals surface area contributed by atoms with Crippen LogP contribution in [0.3, 0.4) is 0 Å². The number of nitrogens with zero attached hydrogens (tertiary/aromatic N) is 2. The lowest BCUT2D eigenvalue weighted by atomic mass is 9.74. The summed E-state index contributed by atoms with van der Waals surface area (Å²) in [6.45, 7) is 4.47. The number of aryl methyl sites for hydroxylation is 1. The van der Waals surface area contributed by atoms with E-state index in [0.29, 0.717) is 18.6 Å². The first-order valence-electron chi connectivity index (χ1n) is 10.0. The average molecular weight is 399 g/mol. The van der Waals surface area contributed by atoms with E-state index in [4.69, 9.17) is 9.84 Å². The number of carbonyl (C=O) groups excluding carboxylic acids is 1. The quantitative estimate of drug-likeness (QED) is 0.675. The molecule has 0 aliphatic heterocycles. The van der Waals surface area contributed by atoms with Gasteiger partial charge in [-0.25, -0.2) is 4.68 Å². The molecule has 7 nitrogen and oxygen atoms in total. The molecule has 1 aromatic heterocycles. The van der Waals surface area contributed by atoms with Gasteiger partial charge in [-0.05, 0) is 75.8 Å². The lowest BCUT2D eigenvalue weighted by Crippen LogP contribution is -2.54. The van der Waals surface area contributed by atoms with Gasteiger partial charge < -0.3 is 15.2 Å². The van der Waals surface area contributed by atoms with Gasteiger partial charge in [0.2, 0.25) is 0 Å². The van der Waals surface area contributed by atoms with Crippen molar-refractivity contribution in [3.63, 3.8) is 0 Å². The molecule has 2 aromatic rings. The number of carbonyl (C=O) groups is 2. The van der Waals surface area contributed by atoms with Crippen LogP contribution in [-0.4, -0.2) is 46.0 Å². The predicted octanol–water partition coefficient (Wildman–Crippen LogP) is 3.20. The maximum absolute atomic E-state index is 12.7. The first-order chi connectivity index (χ1) is 13.8. The van der Waals surface area contributed by atoms with Crippen LogP contribution in [0, 0.1) is 13.8 Å². The molecular weight excluding hydrogens is 370 g/mol. The van der Waals surface area contributed by atoms with E-state index in [9.17, 15) is 9.59 Å². The smallest absolute Gasteiger partial charge is 0.303 e. The zero-order valence-corrected chi connectivity index (χ0v) is 17.3. The summed E-state index contributed by atoms with van der Waals surface area (Å²) in [4.78, 5) is 23.6. The Hall–Kier alpha value is -2.67. The van der Waals surface area contributed by atoms with Crippen molar-refractivity contribution in [2.24, 2.45) is 0 Å². The first kappa shape index (κ1) is 21.0. The Morgan fingerprint density at radius 2 is 1.93 bits per heavy atom. The molecule has 1 amide bonds. The van der Waals surface area contributed by atoms with E-state index < -0.39 is 5.97 Å². The van der Waals surface area contributed by atoms with Gasteiger partial charge in [0, 0.05) is 36.9 Å². The minimum Gasteiger partial charge on any atom is -0.481 e. The molecule has 1 fully saturated rings. The van der Waals surface area contributed by atoms with Crippen LogP contribution >= 0.6 is 0 Å². The van der Waals surface area contributed by atoms with E-state index in [1.54, 1.807) is 23.9 Å². The molecule has 156 valence electrons. The summed E-state index contributed by atoms with van der Waals surface area (Å²) in [5.41, 5.74) is 4.04. The van der Waals surface area contributed by atoms with E-state index in [0.717, 1.165) is 48.3 Å². The van der Waals surface area contributed by atoms with E-state index >= 15 is 0 Å². The van der Waals surface area contributed by atoms with Gasteiger partial charge in [-0.3, -0.25) is 9.59 Å². The van der Waals surface area contributed by atoms with Gasteiger partial charge in [-0.15, -0.1) is 0 Å². The average Bonchev–Trinajstić information content (AvgIpc) is 2.95. The van der Waals surface area contributed by atoms with Crippen molar-refractivity contribution < 1.29 is 19.4 Å². The number of benzene rings is 1. The maximum atomic E-state index is 12.7. The van der Waals surface area contributed by atoms with Crippen molar-refractivity contribution in [2.45, 2.75) is 57.9 Å². The lowest BCUT2D eigenvalue weighted by Gasteiger charge is -2.42. The van der Waals surface area contributed by atoms with Gasteiger partial charge in [0.05, 0.1) is 11.4 Å². The van der Waals surface area contributed by atoms with Gasteiger partial charge in [-0.1, -0.05) is 0 Å². The molecule has 1 saturated carbocycles. The number of ether oxygens (including phenoxy) is 1. The molecule has 0 bridgehead atoms. The minimum absolute atomic E-state index is 0.0668. The molecule has 0 spiro atoms. The molecule has 1 aromatic carbocycles. The van der Waals surface area contributed by atoms with Crippen molar-refractivity contribution in [3.8, 4) is 5.69 Å². The zero-order chi connectivity index (χ0) is 21.0. The van der Waals surface area contributed by atoms with E-state index in [1.807, 2.05) is 26.0 Å². The molecular formula is C22H29N3O4. The molecule has 0 radical (unpaired) electrons. The molecule has 0 unspecified atom stereocenters. The van der Waals surface area contributed by atoms with Crippen LogP contribution in [0.4, 0.5) is 0 Å². The molecule has 3 rings (SSSR count). The van der Waals surface area contributed by atoms with E-state index in [1.165, 1.54) is 0 Å². The van der Waals surface area contributed by atoms with Crippen LogP contribution in [-0.2, 0) is 16.0 Å². The van der Waals surface area contributed by atoms with E-state index in [-0.39, 0.29) is 17.9 Å². The van der Waals surface area contributed by atoms with Crippen LogP contribution in [0.15, 0.2) is 24.3 Å². The van der Waals surface area contributed by atoms with Crippen molar-refractivity contribution in [2.75, 3.05) is 13.7 Å². The second-order valence-corrected chi connectivity index (χ2v) is 7.83. The van der Waals surface area contributed by atoms with Crippen LogP contribution in [0.25, 0.3) is 5.69 Å². The number of aromatic nitrogens is 2. The highest BCUT2D eigenvalue weighted by Gasteiger charge is 2.38. The maximum Gasteiger partial charge on any atom is 0.303 e. The third-order valence-electron chi connectivity index (χ3n) is 5.88. The lowest BCUT2D eigenvalue weighted by molar-refractivity contribution is -0.136. The van der Waals surface area contributed by atoms with Crippen molar-refractivity contribution in [3.05, 3.63) is 46.8 Å². The third kappa shape index (κ3) is 4.67. The molecule has 7 heteroatoms. The molecule has 1 aliphatic rings. The van der Waals surface area contributed by atoms with Crippen LogP contribution < -0.4 is 5.32 Å². The van der Waals surface area contributed by atoms with Gasteiger partial charge in [0.15, 0.2) is 0 Å². The minimum atomic E-state index is -0.818. The number of rotatable bonds is 9. The summed E-state index contributed by atoms with van der Waals surface area (Å²) in [5.74, 6) is -0.885. The molecule has 2 N–H and O–H groups in total. The standard InChI is InChI=1S/C22H29N3O4/c1-15-19(9-10-20(26)27)16(2)25(24-15)18-7-5-17(6-8-18)21(28)23-22(11-4-12-22)13-14-29-3/h5-8H,4,9-14H2,1-3H3,(H,23,28)(H,26,27). The number of methoxy groups -OCH3 is 1. The Labute approximate surface area is 171 Å². The topological polar surface area (TPSA) is 93.5 Å². The largest absolute Gasteiger partial charge is 0.481 e. The number of nitrogens with one attached hydrogen (secondary N) is 1.